The molecule has 2 aromatic heterocycles. The van der Waals surface area contributed by atoms with Crippen molar-refractivity contribution in [1.29, 1.82) is 0 Å². The SMILES string of the molecule is C[Si](C)(/C=C/c1ccccc1)c1ccc(-c2cccs2)s1. The van der Waals surface area contributed by atoms with Crippen LogP contribution in [0.1, 0.15) is 5.56 Å². The van der Waals surface area contributed by atoms with Crippen molar-refractivity contribution in [3.8, 4) is 9.75 Å². The first-order valence-corrected chi connectivity index (χ1v) is 11.8. The van der Waals surface area contributed by atoms with Gasteiger partial charge in [0.25, 0.3) is 0 Å². The molecule has 0 saturated heterocycles. The highest BCUT2D eigenvalue weighted by Gasteiger charge is 2.22. The van der Waals surface area contributed by atoms with Crippen LogP contribution in [0, 0.1) is 0 Å². The summed E-state index contributed by atoms with van der Waals surface area (Å²) in [6, 6.07) is 19.5. The summed E-state index contributed by atoms with van der Waals surface area (Å²) in [7, 11) is -1.51. The predicted molar refractivity (Wildman–Crippen MR) is 100 cm³/mol. The fourth-order valence-electron chi connectivity index (χ4n) is 2.19. The predicted octanol–water partition coefficient (Wildman–Crippen LogP) is 5.64. The molecule has 21 heavy (non-hydrogen) atoms. The Balaban J connectivity index is 1.83. The molecule has 3 aromatic rings. The van der Waals surface area contributed by atoms with Gasteiger partial charge in [0.05, 0.1) is 0 Å². The van der Waals surface area contributed by atoms with Crippen molar-refractivity contribution >= 4 is 41.3 Å². The largest absolute Gasteiger partial charge is 0.144 e. The van der Waals surface area contributed by atoms with Gasteiger partial charge in [-0.15, -0.1) is 22.7 Å². The number of hydrogen-bond donors (Lipinski definition) is 0. The molecular formula is C18H18S2Si. The molecule has 2 heterocycles. The van der Waals surface area contributed by atoms with E-state index in [9.17, 15) is 0 Å². The van der Waals surface area contributed by atoms with E-state index in [1.807, 2.05) is 22.7 Å². The van der Waals surface area contributed by atoms with Crippen molar-refractivity contribution in [1.82, 2.24) is 0 Å². The molecular weight excluding hydrogens is 308 g/mol. The molecule has 0 aliphatic rings. The minimum atomic E-state index is -1.51. The summed E-state index contributed by atoms with van der Waals surface area (Å²) in [6.07, 6.45) is 2.27. The Hall–Kier alpha value is -1.42. The first-order valence-electron chi connectivity index (χ1n) is 7.04. The van der Waals surface area contributed by atoms with Gasteiger partial charge in [-0.1, -0.05) is 67.3 Å². The van der Waals surface area contributed by atoms with E-state index in [1.54, 1.807) is 0 Å². The summed E-state index contributed by atoms with van der Waals surface area (Å²) in [5.41, 5.74) is 3.72. The third-order valence-corrected chi connectivity index (χ3v) is 9.78. The molecule has 0 nitrogen and oxygen atoms in total. The minimum Gasteiger partial charge on any atom is -0.144 e. The number of rotatable bonds is 4. The normalized spacial score (nSPS) is 12.1. The maximum absolute atomic E-state index is 2.44. The van der Waals surface area contributed by atoms with E-state index >= 15 is 0 Å². The second-order valence-corrected chi connectivity index (χ2v) is 12.3. The Bertz CT molecular complexity index is 722. The highest BCUT2D eigenvalue weighted by molar-refractivity contribution is 7.31. The number of hydrogen-bond acceptors (Lipinski definition) is 2. The van der Waals surface area contributed by atoms with Crippen LogP contribution in [0.25, 0.3) is 15.8 Å². The molecule has 3 heteroatoms. The fraction of sp³-hybridized carbons (Fsp3) is 0.111. The average Bonchev–Trinajstić information content (AvgIpc) is 3.17. The van der Waals surface area contributed by atoms with Gasteiger partial charge < -0.3 is 0 Å². The lowest BCUT2D eigenvalue weighted by Crippen LogP contribution is -2.36. The van der Waals surface area contributed by atoms with Crippen molar-refractivity contribution < 1.29 is 0 Å². The van der Waals surface area contributed by atoms with E-state index in [0.717, 1.165) is 0 Å². The molecule has 0 unspecified atom stereocenters. The summed E-state index contributed by atoms with van der Waals surface area (Å²) in [6.45, 7) is 4.83. The highest BCUT2D eigenvalue weighted by atomic mass is 32.1. The summed E-state index contributed by atoms with van der Waals surface area (Å²) in [5.74, 6) is 0. The molecule has 0 saturated carbocycles. The zero-order valence-electron chi connectivity index (χ0n) is 12.2. The highest BCUT2D eigenvalue weighted by Crippen LogP contribution is 2.29. The van der Waals surface area contributed by atoms with Gasteiger partial charge in [0.15, 0.2) is 0 Å². The Morgan fingerprint density at radius 1 is 0.857 bits per heavy atom. The smallest absolute Gasteiger partial charge is 0.117 e. The molecule has 0 spiro atoms. The zero-order valence-corrected chi connectivity index (χ0v) is 14.9. The van der Waals surface area contributed by atoms with Gasteiger partial charge in [0, 0.05) is 9.75 Å². The van der Waals surface area contributed by atoms with Crippen LogP contribution >= 0.6 is 22.7 Å². The van der Waals surface area contributed by atoms with Crippen molar-refractivity contribution in [2.24, 2.45) is 0 Å². The summed E-state index contributed by atoms with van der Waals surface area (Å²) >= 11 is 3.77. The van der Waals surface area contributed by atoms with Crippen LogP contribution in [0.4, 0.5) is 0 Å². The summed E-state index contributed by atoms with van der Waals surface area (Å²) in [5, 5.41) is 2.15. The molecule has 1 aromatic carbocycles. The Labute approximate surface area is 135 Å². The topological polar surface area (TPSA) is 0 Å². The van der Waals surface area contributed by atoms with Gasteiger partial charge in [-0.25, -0.2) is 0 Å². The Morgan fingerprint density at radius 2 is 1.67 bits per heavy atom. The first kappa shape index (κ1) is 14.5. The molecule has 0 N–H and O–H groups in total. The van der Waals surface area contributed by atoms with Crippen LogP contribution in [-0.4, -0.2) is 8.07 Å². The lowest BCUT2D eigenvalue weighted by atomic mass is 10.2. The molecule has 0 amide bonds. The molecule has 0 atom stereocenters. The van der Waals surface area contributed by atoms with Gasteiger partial charge in [0.1, 0.15) is 8.07 Å². The van der Waals surface area contributed by atoms with Crippen LogP contribution in [-0.2, 0) is 0 Å². The minimum absolute atomic E-state index is 1.29. The summed E-state index contributed by atoms with van der Waals surface area (Å²) in [4.78, 5) is 2.77. The van der Waals surface area contributed by atoms with Gasteiger partial charge >= 0.3 is 0 Å². The van der Waals surface area contributed by atoms with Crippen LogP contribution in [0.5, 0.6) is 0 Å². The van der Waals surface area contributed by atoms with Crippen molar-refractivity contribution in [3.05, 3.63) is 71.2 Å². The molecule has 0 aliphatic heterocycles. The number of benzene rings is 1. The van der Waals surface area contributed by atoms with Gasteiger partial charge in [0.2, 0.25) is 0 Å². The molecule has 106 valence electrons. The molecule has 3 rings (SSSR count). The van der Waals surface area contributed by atoms with Gasteiger partial charge in [-0.05, 0) is 27.6 Å². The van der Waals surface area contributed by atoms with Crippen molar-refractivity contribution in [2.45, 2.75) is 13.1 Å². The lowest BCUT2D eigenvalue weighted by molar-refractivity contribution is 1.66. The van der Waals surface area contributed by atoms with Crippen molar-refractivity contribution in [2.75, 3.05) is 0 Å². The molecule has 0 radical (unpaired) electrons. The molecule has 0 aliphatic carbocycles. The maximum atomic E-state index is 2.44. The van der Waals surface area contributed by atoms with Crippen LogP contribution in [0.2, 0.25) is 13.1 Å². The average molecular weight is 327 g/mol. The monoisotopic (exact) mass is 326 g/mol. The fourth-order valence-corrected chi connectivity index (χ4v) is 6.65. The van der Waals surface area contributed by atoms with E-state index < -0.39 is 8.07 Å². The molecule has 0 bridgehead atoms. The van der Waals surface area contributed by atoms with Gasteiger partial charge in [-0.3, -0.25) is 0 Å². The van der Waals surface area contributed by atoms with Crippen LogP contribution < -0.4 is 4.50 Å². The Morgan fingerprint density at radius 3 is 2.38 bits per heavy atom. The maximum Gasteiger partial charge on any atom is 0.117 e. The third-order valence-electron chi connectivity index (χ3n) is 3.50. The van der Waals surface area contributed by atoms with E-state index in [2.05, 4.69) is 84.8 Å². The standard InChI is InChI=1S/C18H18S2Si/c1-21(2,14-12-15-7-4-3-5-8-15)18-11-10-17(20-18)16-9-6-13-19-16/h3-14H,1-2H3/b14-12+. The van der Waals surface area contributed by atoms with Gasteiger partial charge in [-0.2, -0.15) is 0 Å². The van der Waals surface area contributed by atoms with E-state index in [4.69, 9.17) is 0 Å². The Kier molecular flexibility index (Phi) is 4.24. The van der Waals surface area contributed by atoms with E-state index in [1.165, 1.54) is 19.8 Å². The van der Waals surface area contributed by atoms with Crippen LogP contribution in [0.15, 0.2) is 65.7 Å². The lowest BCUT2D eigenvalue weighted by Gasteiger charge is -2.15. The quantitative estimate of drug-likeness (QED) is 0.544. The zero-order chi connectivity index (χ0) is 14.7. The second-order valence-electron chi connectivity index (χ2n) is 5.61. The summed E-state index contributed by atoms with van der Waals surface area (Å²) < 4.78 is 1.54. The number of thiophene rings is 2. The second kappa shape index (κ2) is 6.14. The van der Waals surface area contributed by atoms with Crippen molar-refractivity contribution in [3.63, 3.8) is 0 Å². The van der Waals surface area contributed by atoms with Crippen LogP contribution in [0.3, 0.4) is 0 Å². The first-order chi connectivity index (χ1) is 10.1. The van der Waals surface area contributed by atoms with E-state index in [-0.39, 0.29) is 0 Å². The third kappa shape index (κ3) is 3.43. The van der Waals surface area contributed by atoms with E-state index in [0.29, 0.717) is 0 Å². The molecule has 0 fully saturated rings.